The van der Waals surface area contributed by atoms with Crippen LogP contribution < -0.4 is 33.3 Å². The molecule has 43 heavy (non-hydrogen) atoms. The van der Waals surface area contributed by atoms with E-state index in [1.54, 1.807) is 28.8 Å². The maximum Gasteiger partial charge on any atom is 0.390 e. The predicted molar refractivity (Wildman–Crippen MR) is 156 cm³/mol. The van der Waals surface area contributed by atoms with Gasteiger partial charge in [-0.05, 0) is 56.2 Å². The number of benzene rings is 1. The third-order valence-corrected chi connectivity index (χ3v) is 6.71. The number of halogens is 3. The second-order valence-corrected chi connectivity index (χ2v) is 10.8. The van der Waals surface area contributed by atoms with Crippen LogP contribution in [0.2, 0.25) is 0 Å². The molecule has 0 aliphatic rings. The average molecular weight is 722 g/mol. The van der Waals surface area contributed by atoms with Crippen molar-refractivity contribution < 1.29 is 40.4 Å². The van der Waals surface area contributed by atoms with Gasteiger partial charge in [-0.15, -0.1) is 0 Å². The van der Waals surface area contributed by atoms with Gasteiger partial charge in [0.25, 0.3) is 0 Å². The highest BCUT2D eigenvalue weighted by Gasteiger charge is 2.28. The number of aromatic nitrogens is 5. The molecule has 3 heterocycles. The number of rotatable bonds is 12. The predicted octanol–water partition coefficient (Wildman–Crippen LogP) is 0.425. The highest BCUT2D eigenvalue weighted by atomic mass is 79.9. The lowest BCUT2D eigenvalue weighted by Gasteiger charge is -2.28. The molecule has 0 radical (unpaired) electrons. The molecule has 0 bridgehead atoms. The number of pyridine rings is 1. The number of hydrogen-bond acceptors (Lipinski definition) is 9. The lowest BCUT2D eigenvalue weighted by Crippen LogP contribution is -3.00. The summed E-state index contributed by atoms with van der Waals surface area (Å²) < 4.78 is 15.7. The zero-order valence-corrected chi connectivity index (χ0v) is 26.2. The van der Waals surface area contributed by atoms with Crippen molar-refractivity contribution >= 4 is 61.8 Å². The molecule has 4 N–H and O–H groups in total. The quantitative estimate of drug-likeness (QED) is 0.0808. The van der Waals surface area contributed by atoms with Gasteiger partial charge in [0.15, 0.2) is 5.69 Å². The summed E-state index contributed by atoms with van der Waals surface area (Å²) in [4.78, 5) is 51.4. The number of primary amides is 1. The Balaban J connectivity index is 0.00000506. The number of anilines is 3. The van der Waals surface area contributed by atoms with Crippen LogP contribution in [0.25, 0.3) is 10.9 Å². The Morgan fingerprint density at radius 3 is 2.67 bits per heavy atom. The van der Waals surface area contributed by atoms with Crippen LogP contribution in [0, 0.1) is 15.9 Å². The Bertz CT molecular complexity index is 1700. The monoisotopic (exact) mass is 720 g/mol. The maximum absolute atomic E-state index is 13.6. The van der Waals surface area contributed by atoms with Crippen LogP contribution in [0.5, 0.6) is 0 Å². The number of carbonyl (C=O) groups is 2. The van der Waals surface area contributed by atoms with E-state index < -0.39 is 22.6 Å². The van der Waals surface area contributed by atoms with Crippen molar-refractivity contribution in [3.8, 4) is 0 Å². The number of aryl methyl sites for hydroxylation is 1. The third kappa shape index (κ3) is 8.82. The van der Waals surface area contributed by atoms with Crippen LogP contribution in [0.15, 0.2) is 59.7 Å². The van der Waals surface area contributed by atoms with Crippen molar-refractivity contribution in [3.63, 3.8) is 0 Å². The Morgan fingerprint density at radius 2 is 1.98 bits per heavy atom. The summed E-state index contributed by atoms with van der Waals surface area (Å²) in [5.41, 5.74) is 6.70. The van der Waals surface area contributed by atoms with Crippen molar-refractivity contribution in [1.82, 2.24) is 24.5 Å². The van der Waals surface area contributed by atoms with Crippen LogP contribution in [-0.2, 0) is 22.7 Å². The molecule has 4 aromatic rings. The number of nitrogens with one attached hydrogen (secondary N) is 2. The van der Waals surface area contributed by atoms with Crippen molar-refractivity contribution in [2.45, 2.75) is 19.5 Å². The molecule has 1 aromatic carbocycles. The van der Waals surface area contributed by atoms with Gasteiger partial charge in [-0.3, -0.25) is 9.59 Å². The molecular formula is C26H27Br2FN10O4. The molecule has 0 aliphatic heterocycles. The van der Waals surface area contributed by atoms with E-state index in [0.717, 1.165) is 0 Å². The van der Waals surface area contributed by atoms with Crippen molar-refractivity contribution in [2.75, 3.05) is 31.3 Å². The summed E-state index contributed by atoms with van der Waals surface area (Å²) in [6.07, 6.45) is 7.20. The van der Waals surface area contributed by atoms with Crippen molar-refractivity contribution in [1.29, 1.82) is 0 Å². The van der Waals surface area contributed by atoms with E-state index in [1.807, 2.05) is 14.1 Å². The fraction of sp³-hybridized carbons (Fsp3) is 0.231. The van der Waals surface area contributed by atoms with Crippen LogP contribution >= 0.6 is 15.9 Å². The van der Waals surface area contributed by atoms with Gasteiger partial charge >= 0.3 is 5.82 Å². The van der Waals surface area contributed by atoms with Crippen molar-refractivity contribution in [3.05, 3.63) is 81.4 Å². The third-order valence-electron chi connectivity index (χ3n) is 6.10. The number of fused-ring (bicyclic) bond motifs is 1. The molecule has 0 atom stereocenters. The van der Waals surface area contributed by atoms with Crippen LogP contribution in [-0.4, -0.2) is 66.4 Å². The number of nitro groups is 1. The summed E-state index contributed by atoms with van der Waals surface area (Å²) in [7, 11) is 3.69. The summed E-state index contributed by atoms with van der Waals surface area (Å²) >= 11 is 3.16. The van der Waals surface area contributed by atoms with E-state index in [9.17, 15) is 24.1 Å². The normalized spacial score (nSPS) is 11.3. The molecule has 0 spiro atoms. The van der Waals surface area contributed by atoms with Gasteiger partial charge in [0, 0.05) is 30.1 Å². The number of hydrogen-bond donors (Lipinski definition) is 3. The van der Waals surface area contributed by atoms with Crippen LogP contribution in [0.1, 0.15) is 12.1 Å². The molecule has 4 rings (SSSR count). The zero-order valence-electron chi connectivity index (χ0n) is 23.0. The molecule has 17 heteroatoms. The fourth-order valence-electron chi connectivity index (χ4n) is 4.06. The van der Waals surface area contributed by atoms with E-state index in [4.69, 9.17) is 5.73 Å². The number of imidazole rings is 1. The Morgan fingerprint density at radius 1 is 1.21 bits per heavy atom. The number of carbonyl (C=O) groups excluding carboxylic acids is 2. The van der Waals surface area contributed by atoms with Gasteiger partial charge in [-0.25, -0.2) is 19.3 Å². The van der Waals surface area contributed by atoms with Gasteiger partial charge in [0.1, 0.15) is 30.3 Å². The van der Waals surface area contributed by atoms with Gasteiger partial charge in [0.2, 0.25) is 18.1 Å². The first-order chi connectivity index (χ1) is 19.9. The van der Waals surface area contributed by atoms with Crippen molar-refractivity contribution in [2.24, 2.45) is 5.73 Å². The first-order valence-corrected chi connectivity index (χ1v) is 13.3. The molecule has 2 amide bonds. The fourth-order valence-corrected chi connectivity index (χ4v) is 4.43. The smallest absolute Gasteiger partial charge is 0.390 e. The highest BCUT2D eigenvalue weighted by Crippen LogP contribution is 2.27. The summed E-state index contributed by atoms with van der Waals surface area (Å²) in [6.45, 7) is 0.742. The standard InChI is InChI=1S/C26H26BrFN10O4.BrH/c1-38(2,13-21-26(37(41)42)33-15-36(21)8-7-22(29)39)9-3-4-24(40)35-23-11-17-20(12-30-23)31-14-32-25(17)34-16-5-6-19(28)18(27)10-16;/h3-6,10-12,14-15H,7-9,13H2,1-2H3,(H3-,29,30,31,32,34,35,39,40);1H/b4-3+;. The number of nitrogens with zero attached hydrogens (tertiary/aromatic N) is 7. The molecule has 0 unspecified atom stereocenters. The Kier molecular flexibility index (Phi) is 11.0. The first kappa shape index (κ1) is 33.2. The van der Waals surface area contributed by atoms with Gasteiger partial charge in [0.05, 0.1) is 36.8 Å². The lowest BCUT2D eigenvalue weighted by atomic mass is 10.2. The van der Waals surface area contributed by atoms with Crippen LogP contribution in [0.4, 0.5) is 27.5 Å². The van der Waals surface area contributed by atoms with Gasteiger partial charge in [-0.2, -0.15) is 0 Å². The SMILES string of the molecule is C[N+](C)(C/C=C/C(=O)Nc1cc2c(Nc3ccc(F)c(Br)c3)ncnc2cn1)Cc1c([N+](=O)[O-])ncn1CCC(N)=O.[Br-]. The molecule has 226 valence electrons. The van der Waals surface area contributed by atoms with E-state index >= 15 is 0 Å². The molecule has 0 saturated heterocycles. The summed E-state index contributed by atoms with van der Waals surface area (Å²) in [6, 6.07) is 6.07. The van der Waals surface area contributed by atoms with Crippen LogP contribution in [0.3, 0.4) is 0 Å². The minimum atomic E-state index is -0.569. The molecular weight excluding hydrogens is 695 g/mol. The van der Waals surface area contributed by atoms with Gasteiger partial charge < -0.3 is 52.5 Å². The second-order valence-electron chi connectivity index (χ2n) is 9.91. The lowest BCUT2D eigenvalue weighted by molar-refractivity contribution is -0.898. The largest absolute Gasteiger partial charge is 1.00 e. The summed E-state index contributed by atoms with van der Waals surface area (Å²) in [5.74, 6) is -0.950. The minimum absolute atomic E-state index is 0. The van der Waals surface area contributed by atoms with E-state index in [-0.39, 0.29) is 52.6 Å². The average Bonchev–Trinajstić information content (AvgIpc) is 3.31. The topological polar surface area (TPSA) is 184 Å². The number of quaternary nitrogens is 1. The van der Waals surface area contributed by atoms with Gasteiger partial charge in [-0.1, -0.05) is 0 Å². The second kappa shape index (κ2) is 14.2. The minimum Gasteiger partial charge on any atom is -1.00 e. The Hall–Kier alpha value is -4.35. The molecule has 3 aromatic heterocycles. The molecule has 14 nitrogen and oxygen atoms in total. The number of amides is 2. The van der Waals surface area contributed by atoms with E-state index in [2.05, 4.69) is 46.5 Å². The number of nitrogens with two attached hydrogens (primary N) is 1. The van der Waals surface area contributed by atoms with E-state index in [0.29, 0.717) is 39.1 Å². The first-order valence-electron chi connectivity index (χ1n) is 12.5. The summed E-state index contributed by atoms with van der Waals surface area (Å²) in [5, 5.41) is 17.9. The maximum atomic E-state index is 13.6. The molecule has 0 aliphatic carbocycles. The molecule has 0 saturated carbocycles. The molecule has 0 fully saturated rings. The highest BCUT2D eigenvalue weighted by molar-refractivity contribution is 9.10. The zero-order chi connectivity index (χ0) is 30.4. The number of likely N-dealkylation sites (N-methyl/N-ethyl adjacent to an activating group) is 1. The van der Waals surface area contributed by atoms with E-state index in [1.165, 1.54) is 31.0 Å². The Labute approximate surface area is 263 Å².